The molecule has 0 amide bonds. The third-order valence-corrected chi connectivity index (χ3v) is 14.4. The molecule has 0 atom stereocenters. The maximum atomic E-state index is 11.4. The Labute approximate surface area is 476 Å². The molecule has 10 heteroatoms. The quantitative estimate of drug-likeness (QED) is 0.0326. The Bertz CT molecular complexity index is 1780. The van der Waals surface area contributed by atoms with Gasteiger partial charge in [-0.3, -0.25) is 9.98 Å². The molecular formula is C68H112N2O8. The van der Waals surface area contributed by atoms with Crippen molar-refractivity contribution in [2.24, 2.45) is 9.98 Å². The molecule has 0 unspecified atom stereocenters. The second-order valence-corrected chi connectivity index (χ2v) is 21.7. The molecule has 0 aliphatic carbocycles. The van der Waals surface area contributed by atoms with Crippen molar-refractivity contribution in [3.8, 4) is 46.0 Å². The number of aliphatic imine (C=N–C) groups is 2. The summed E-state index contributed by atoms with van der Waals surface area (Å²) in [7, 11) is 0. The van der Waals surface area contributed by atoms with Crippen molar-refractivity contribution >= 4 is 23.8 Å². The zero-order valence-electron chi connectivity index (χ0n) is 50.6. The minimum absolute atomic E-state index is 0.0413. The number of rotatable bonds is 52. The van der Waals surface area contributed by atoms with Crippen molar-refractivity contribution in [2.45, 2.75) is 273 Å². The van der Waals surface area contributed by atoms with Crippen LogP contribution < -0.4 is 28.4 Å². The number of hydrogen-bond acceptors (Lipinski definition) is 10. The summed E-state index contributed by atoms with van der Waals surface area (Å²) in [5.74, 6) is 3.64. The molecular weight excluding hydrogens is 973 g/mol. The lowest BCUT2D eigenvalue weighted by atomic mass is 10.1. The molecule has 10 nitrogen and oxygen atoms in total. The van der Waals surface area contributed by atoms with E-state index in [1.54, 1.807) is 12.4 Å². The molecule has 442 valence electrons. The molecule has 0 aromatic heterocycles. The third kappa shape index (κ3) is 30.7. The summed E-state index contributed by atoms with van der Waals surface area (Å²) in [4.78, 5) is 9.68. The summed E-state index contributed by atoms with van der Waals surface area (Å²) in [6.07, 6.45) is 45.2. The third-order valence-electron chi connectivity index (χ3n) is 14.4. The van der Waals surface area contributed by atoms with Gasteiger partial charge in [0.2, 0.25) is 11.5 Å². The molecule has 0 saturated heterocycles. The first kappa shape index (κ1) is 67.7. The zero-order valence-corrected chi connectivity index (χ0v) is 50.6. The van der Waals surface area contributed by atoms with Gasteiger partial charge in [-0.15, -0.1) is 0 Å². The SMILES string of the molecule is CCCCCCCCOc1cc(N=Cc2cc(O)c(C=Nc3cc(OCCCCCCCC)c(OCCCCCCCC)c(OCCCCCCCC)c3)cc2O)cc(OCCCCCCCC)c1OCCCCCCCC. The molecule has 0 aliphatic heterocycles. The smallest absolute Gasteiger partial charge is 0.203 e. The molecule has 0 radical (unpaired) electrons. The maximum Gasteiger partial charge on any atom is 0.203 e. The van der Waals surface area contributed by atoms with Crippen molar-refractivity contribution in [1.29, 1.82) is 0 Å². The van der Waals surface area contributed by atoms with E-state index in [0.717, 1.165) is 77.0 Å². The molecule has 3 aromatic rings. The number of hydrogen-bond donors (Lipinski definition) is 2. The summed E-state index contributed by atoms with van der Waals surface area (Å²) >= 11 is 0. The van der Waals surface area contributed by atoms with Crippen molar-refractivity contribution in [3.63, 3.8) is 0 Å². The highest BCUT2D eigenvalue weighted by Crippen LogP contribution is 2.44. The molecule has 0 fully saturated rings. The second kappa shape index (κ2) is 46.2. The Kier molecular flexibility index (Phi) is 40.1. The van der Waals surface area contributed by atoms with Gasteiger partial charge < -0.3 is 38.6 Å². The fraction of sp³-hybridized carbons (Fsp3) is 0.706. The van der Waals surface area contributed by atoms with E-state index in [-0.39, 0.29) is 11.5 Å². The normalized spacial score (nSPS) is 11.6. The van der Waals surface area contributed by atoms with Gasteiger partial charge in [0.1, 0.15) is 11.5 Å². The fourth-order valence-corrected chi connectivity index (χ4v) is 9.46. The van der Waals surface area contributed by atoms with Gasteiger partial charge in [-0.05, 0) is 50.7 Å². The number of phenolic OH excluding ortho intramolecular Hbond substituents is 2. The highest BCUT2D eigenvalue weighted by Gasteiger charge is 2.19. The lowest BCUT2D eigenvalue weighted by molar-refractivity contribution is 0.234. The van der Waals surface area contributed by atoms with Crippen molar-refractivity contribution in [3.05, 3.63) is 47.5 Å². The summed E-state index contributed by atoms with van der Waals surface area (Å²) in [5.41, 5.74) is 1.93. The van der Waals surface area contributed by atoms with E-state index >= 15 is 0 Å². The van der Waals surface area contributed by atoms with Crippen LogP contribution in [0.4, 0.5) is 11.4 Å². The number of benzene rings is 3. The second-order valence-electron chi connectivity index (χ2n) is 21.7. The van der Waals surface area contributed by atoms with Crippen molar-refractivity contribution in [1.82, 2.24) is 0 Å². The highest BCUT2D eigenvalue weighted by atomic mass is 16.5. The van der Waals surface area contributed by atoms with Crippen LogP contribution in [0.3, 0.4) is 0 Å². The predicted octanol–water partition coefficient (Wildman–Crippen LogP) is 21.0. The van der Waals surface area contributed by atoms with E-state index in [1.807, 2.05) is 24.3 Å². The zero-order chi connectivity index (χ0) is 55.9. The van der Waals surface area contributed by atoms with Crippen LogP contribution in [0.15, 0.2) is 46.4 Å². The van der Waals surface area contributed by atoms with E-state index in [1.165, 1.54) is 166 Å². The van der Waals surface area contributed by atoms with E-state index in [0.29, 0.717) is 96.6 Å². The Morgan fingerprint density at radius 2 is 0.487 bits per heavy atom. The largest absolute Gasteiger partial charge is 0.507 e. The summed E-state index contributed by atoms with van der Waals surface area (Å²) in [5, 5.41) is 22.9. The van der Waals surface area contributed by atoms with Crippen molar-refractivity contribution in [2.75, 3.05) is 39.6 Å². The van der Waals surface area contributed by atoms with Gasteiger partial charge in [-0.1, -0.05) is 234 Å². The van der Waals surface area contributed by atoms with Crippen LogP contribution in [0.5, 0.6) is 46.0 Å². The minimum Gasteiger partial charge on any atom is -0.507 e. The van der Waals surface area contributed by atoms with Crippen LogP contribution in [-0.4, -0.2) is 62.3 Å². The highest BCUT2D eigenvalue weighted by molar-refractivity contribution is 5.92. The lowest BCUT2D eigenvalue weighted by Crippen LogP contribution is -2.06. The maximum absolute atomic E-state index is 11.4. The molecule has 0 aliphatic rings. The average Bonchev–Trinajstić information content (AvgIpc) is 3.45. The number of unbranched alkanes of at least 4 members (excludes halogenated alkanes) is 30. The Hall–Kier alpha value is -4.60. The number of phenols is 2. The molecule has 0 bridgehead atoms. The Balaban J connectivity index is 1.95. The minimum atomic E-state index is -0.0413. The van der Waals surface area contributed by atoms with E-state index in [9.17, 15) is 10.2 Å². The Morgan fingerprint density at radius 3 is 0.718 bits per heavy atom. The number of ether oxygens (including phenoxy) is 6. The van der Waals surface area contributed by atoms with Crippen LogP contribution in [0, 0.1) is 0 Å². The van der Waals surface area contributed by atoms with Gasteiger partial charge in [0.25, 0.3) is 0 Å². The van der Waals surface area contributed by atoms with Crippen molar-refractivity contribution < 1.29 is 38.6 Å². The molecule has 3 aromatic carbocycles. The van der Waals surface area contributed by atoms with Crippen LogP contribution in [0.1, 0.15) is 284 Å². The van der Waals surface area contributed by atoms with Gasteiger partial charge in [0.05, 0.1) is 51.0 Å². The van der Waals surface area contributed by atoms with Crippen LogP contribution >= 0.6 is 0 Å². The van der Waals surface area contributed by atoms with E-state index in [4.69, 9.17) is 38.4 Å². The number of nitrogens with zero attached hydrogens (tertiary/aromatic N) is 2. The topological polar surface area (TPSA) is 121 Å². The van der Waals surface area contributed by atoms with Crippen LogP contribution in [0.25, 0.3) is 0 Å². The number of aromatic hydroxyl groups is 2. The molecule has 0 spiro atoms. The first-order valence-corrected chi connectivity index (χ1v) is 32.2. The molecule has 78 heavy (non-hydrogen) atoms. The van der Waals surface area contributed by atoms with Crippen LogP contribution in [0.2, 0.25) is 0 Å². The van der Waals surface area contributed by atoms with Gasteiger partial charge in [0, 0.05) is 47.8 Å². The first-order valence-electron chi connectivity index (χ1n) is 32.2. The summed E-state index contributed by atoms with van der Waals surface area (Å²) in [6, 6.07) is 10.7. The molecule has 0 heterocycles. The molecule has 0 saturated carbocycles. The van der Waals surface area contributed by atoms with Crippen LogP contribution in [-0.2, 0) is 0 Å². The van der Waals surface area contributed by atoms with Gasteiger partial charge in [-0.25, -0.2) is 0 Å². The predicted molar refractivity (Wildman–Crippen MR) is 330 cm³/mol. The van der Waals surface area contributed by atoms with Gasteiger partial charge >= 0.3 is 0 Å². The van der Waals surface area contributed by atoms with E-state index in [2.05, 4.69) is 41.5 Å². The Morgan fingerprint density at radius 1 is 0.282 bits per heavy atom. The van der Waals surface area contributed by atoms with E-state index < -0.39 is 0 Å². The van der Waals surface area contributed by atoms with Gasteiger partial charge in [-0.2, -0.15) is 0 Å². The summed E-state index contributed by atoms with van der Waals surface area (Å²) < 4.78 is 39.1. The monoisotopic (exact) mass is 1080 g/mol. The first-order chi connectivity index (χ1) is 38.4. The fourth-order valence-electron chi connectivity index (χ4n) is 9.46. The molecule has 2 N–H and O–H groups in total. The molecule has 3 rings (SSSR count). The summed E-state index contributed by atoms with van der Waals surface area (Å²) in [6.45, 7) is 16.9. The standard InChI is InChI=1S/C68H112N2O8/c1-7-13-19-25-31-37-43-73-63-51-59(52-64(74-44-38-32-26-20-14-8-2)67(63)77-47-41-35-29-23-17-11-5)69-55-57-49-62(72)58(50-61(57)71)56-70-60-53-65(75-45-39-33-27-21-15-9-3)68(78-48-42-36-30-24-18-12-6)66(54-60)76-46-40-34-28-22-16-10-4/h49-56,71-72H,7-48H2,1-6H3. The lowest BCUT2D eigenvalue weighted by Gasteiger charge is -2.18. The average molecular weight is 1090 g/mol. The van der Waals surface area contributed by atoms with Gasteiger partial charge in [0.15, 0.2) is 23.0 Å².